The van der Waals surface area contributed by atoms with Crippen molar-refractivity contribution in [2.24, 2.45) is 0 Å². The van der Waals surface area contributed by atoms with Crippen molar-refractivity contribution in [2.75, 3.05) is 18.4 Å². The topological polar surface area (TPSA) is 101 Å². The molecule has 1 unspecified atom stereocenters. The number of aryl methyl sites for hydroxylation is 2. The van der Waals surface area contributed by atoms with Crippen LogP contribution < -0.4 is 5.32 Å². The molecule has 5 rings (SSSR count). The number of likely N-dealkylation sites (tertiary alicyclic amines) is 1. The lowest BCUT2D eigenvalue weighted by Gasteiger charge is -2.16. The van der Waals surface area contributed by atoms with Crippen LogP contribution >= 0.6 is 0 Å². The molecule has 1 aliphatic heterocycles. The van der Waals surface area contributed by atoms with Gasteiger partial charge in [-0.1, -0.05) is 6.07 Å². The SMILES string of the molecule is Cc1ncc(C#N)c(Nc2ccc3[nH]ccc3c2C)c1/C=C/c1cccc(CN2CCC(O)C2)n1. The van der Waals surface area contributed by atoms with Crippen molar-refractivity contribution in [3.05, 3.63) is 82.6 Å². The minimum atomic E-state index is -0.242. The molecule has 35 heavy (non-hydrogen) atoms. The van der Waals surface area contributed by atoms with E-state index in [9.17, 15) is 10.4 Å². The third-order valence-electron chi connectivity index (χ3n) is 6.58. The summed E-state index contributed by atoms with van der Waals surface area (Å²) < 4.78 is 0. The summed E-state index contributed by atoms with van der Waals surface area (Å²) >= 11 is 0. The van der Waals surface area contributed by atoms with Crippen LogP contribution in [0.15, 0.2) is 48.8 Å². The number of pyridine rings is 2. The third-order valence-corrected chi connectivity index (χ3v) is 6.58. The van der Waals surface area contributed by atoms with E-state index in [0.717, 1.165) is 70.0 Å². The Morgan fingerprint density at radius 3 is 2.91 bits per heavy atom. The van der Waals surface area contributed by atoms with Gasteiger partial charge in [-0.05, 0) is 68.3 Å². The summed E-state index contributed by atoms with van der Waals surface area (Å²) in [4.78, 5) is 14.7. The first kappa shape index (κ1) is 22.8. The Morgan fingerprint density at radius 1 is 1.23 bits per heavy atom. The molecule has 3 N–H and O–H groups in total. The highest BCUT2D eigenvalue weighted by atomic mass is 16.3. The molecule has 1 aromatic carbocycles. The van der Waals surface area contributed by atoms with Crippen molar-refractivity contribution >= 4 is 34.4 Å². The number of hydrogen-bond donors (Lipinski definition) is 3. The summed E-state index contributed by atoms with van der Waals surface area (Å²) in [6.45, 7) is 6.31. The zero-order valence-electron chi connectivity index (χ0n) is 19.9. The first-order valence-corrected chi connectivity index (χ1v) is 11.8. The van der Waals surface area contributed by atoms with E-state index in [2.05, 4.69) is 39.2 Å². The molecule has 0 bridgehead atoms. The number of β-amino-alcohol motifs (C(OH)–C–C–N with tert-alkyl or cyclic N) is 1. The van der Waals surface area contributed by atoms with Gasteiger partial charge in [0.1, 0.15) is 6.07 Å². The van der Waals surface area contributed by atoms with Crippen LogP contribution in [-0.4, -0.2) is 44.2 Å². The Kier molecular flexibility index (Phi) is 6.32. The van der Waals surface area contributed by atoms with Crippen LogP contribution in [0.1, 0.15) is 40.2 Å². The average Bonchev–Trinajstić information content (AvgIpc) is 3.50. The first-order chi connectivity index (χ1) is 17.0. The lowest BCUT2D eigenvalue weighted by Crippen LogP contribution is -2.22. The van der Waals surface area contributed by atoms with Crippen molar-refractivity contribution in [3.63, 3.8) is 0 Å². The van der Waals surface area contributed by atoms with Crippen molar-refractivity contribution < 1.29 is 5.11 Å². The third kappa shape index (κ3) is 4.80. The number of aromatic nitrogens is 3. The highest BCUT2D eigenvalue weighted by Gasteiger charge is 2.20. The molecule has 7 heteroatoms. The number of fused-ring (bicyclic) bond motifs is 1. The van der Waals surface area contributed by atoms with Gasteiger partial charge in [-0.2, -0.15) is 5.26 Å². The first-order valence-electron chi connectivity index (χ1n) is 11.8. The van der Waals surface area contributed by atoms with Gasteiger partial charge in [0, 0.05) is 59.9 Å². The van der Waals surface area contributed by atoms with Crippen LogP contribution in [0, 0.1) is 25.2 Å². The number of H-pyrrole nitrogens is 1. The molecule has 1 atom stereocenters. The second-order valence-corrected chi connectivity index (χ2v) is 9.02. The van der Waals surface area contributed by atoms with Crippen LogP contribution in [0.4, 0.5) is 11.4 Å². The van der Waals surface area contributed by atoms with Crippen molar-refractivity contribution in [1.82, 2.24) is 19.9 Å². The van der Waals surface area contributed by atoms with Crippen molar-refractivity contribution in [2.45, 2.75) is 32.9 Å². The number of aromatic amines is 1. The number of aliphatic hydroxyl groups excluding tert-OH is 1. The molecule has 0 radical (unpaired) electrons. The van der Waals surface area contributed by atoms with Crippen LogP contribution in [0.5, 0.6) is 0 Å². The highest BCUT2D eigenvalue weighted by Crippen LogP contribution is 2.32. The van der Waals surface area contributed by atoms with Crippen LogP contribution in [0.2, 0.25) is 0 Å². The van der Waals surface area contributed by atoms with Crippen LogP contribution in [0.25, 0.3) is 23.1 Å². The second-order valence-electron chi connectivity index (χ2n) is 9.02. The van der Waals surface area contributed by atoms with Crippen molar-refractivity contribution in [1.29, 1.82) is 5.26 Å². The summed E-state index contributed by atoms with van der Waals surface area (Å²) in [5.41, 5.74) is 7.83. The van der Waals surface area contributed by atoms with E-state index in [1.165, 1.54) is 0 Å². The van der Waals surface area contributed by atoms with Gasteiger partial charge in [-0.3, -0.25) is 14.9 Å². The molecular formula is C28H28N6O. The average molecular weight is 465 g/mol. The van der Waals surface area contributed by atoms with Gasteiger partial charge in [-0.15, -0.1) is 0 Å². The number of nitrogens with zero attached hydrogens (tertiary/aromatic N) is 4. The van der Waals surface area contributed by atoms with Gasteiger partial charge < -0.3 is 15.4 Å². The maximum atomic E-state index is 9.80. The lowest BCUT2D eigenvalue weighted by atomic mass is 10.0. The summed E-state index contributed by atoms with van der Waals surface area (Å²) in [5.74, 6) is 0. The highest BCUT2D eigenvalue weighted by molar-refractivity contribution is 5.90. The number of nitriles is 1. The fraction of sp³-hybridized carbons (Fsp3) is 0.250. The van der Waals surface area contributed by atoms with Gasteiger partial charge in [0.2, 0.25) is 0 Å². The monoisotopic (exact) mass is 464 g/mol. The molecule has 0 aliphatic carbocycles. The quantitative estimate of drug-likeness (QED) is 0.374. The molecule has 4 aromatic rings. The van der Waals surface area contributed by atoms with Gasteiger partial charge in [0.05, 0.1) is 28.7 Å². The molecule has 1 saturated heterocycles. The standard InChI is InChI=1S/C28H28N6O/c1-18-24-10-12-30-27(24)9-8-26(18)33-28-20(14-29)15-31-19(2)25(28)7-6-21-4-3-5-22(32-21)16-34-13-11-23(35)17-34/h3-10,12,15,23,30,35H,11,13,16-17H2,1-2H3,(H,31,33)/b7-6+. The maximum absolute atomic E-state index is 9.80. The minimum Gasteiger partial charge on any atom is -0.392 e. The lowest BCUT2D eigenvalue weighted by molar-refractivity contribution is 0.174. The van der Waals surface area contributed by atoms with E-state index in [1.54, 1.807) is 6.20 Å². The van der Waals surface area contributed by atoms with E-state index in [1.807, 2.05) is 55.6 Å². The number of benzene rings is 1. The number of anilines is 2. The molecule has 0 saturated carbocycles. The Morgan fingerprint density at radius 2 is 2.11 bits per heavy atom. The fourth-order valence-electron chi connectivity index (χ4n) is 4.63. The van der Waals surface area contributed by atoms with E-state index in [-0.39, 0.29) is 6.10 Å². The Balaban J connectivity index is 1.45. The predicted octanol–water partition coefficient (Wildman–Crippen LogP) is 4.93. The smallest absolute Gasteiger partial charge is 0.103 e. The molecule has 3 aromatic heterocycles. The maximum Gasteiger partial charge on any atom is 0.103 e. The predicted molar refractivity (Wildman–Crippen MR) is 139 cm³/mol. The molecule has 0 spiro atoms. The summed E-state index contributed by atoms with van der Waals surface area (Å²) in [7, 11) is 0. The Labute approximate surface area is 204 Å². The second kappa shape index (κ2) is 9.71. The fourth-order valence-corrected chi connectivity index (χ4v) is 4.63. The summed E-state index contributed by atoms with van der Waals surface area (Å²) in [5, 5.41) is 24.2. The van der Waals surface area contributed by atoms with E-state index >= 15 is 0 Å². The molecule has 1 aliphatic rings. The van der Waals surface area contributed by atoms with E-state index in [4.69, 9.17) is 4.98 Å². The number of nitrogens with one attached hydrogen (secondary N) is 2. The molecule has 1 fully saturated rings. The largest absolute Gasteiger partial charge is 0.392 e. The van der Waals surface area contributed by atoms with Gasteiger partial charge >= 0.3 is 0 Å². The zero-order chi connectivity index (χ0) is 24.4. The van der Waals surface area contributed by atoms with Gasteiger partial charge in [-0.25, -0.2) is 0 Å². The Bertz CT molecular complexity index is 1450. The van der Waals surface area contributed by atoms with Gasteiger partial charge in [0.15, 0.2) is 0 Å². The molecule has 7 nitrogen and oxygen atoms in total. The molecular weight excluding hydrogens is 436 g/mol. The normalized spacial score (nSPS) is 16.2. The number of aliphatic hydroxyl groups is 1. The van der Waals surface area contributed by atoms with Gasteiger partial charge in [0.25, 0.3) is 0 Å². The zero-order valence-corrected chi connectivity index (χ0v) is 19.9. The summed E-state index contributed by atoms with van der Waals surface area (Å²) in [6.07, 6.45) is 8.05. The minimum absolute atomic E-state index is 0.242. The van der Waals surface area contributed by atoms with Crippen molar-refractivity contribution in [3.8, 4) is 6.07 Å². The Hall–Kier alpha value is -3.99. The molecule has 4 heterocycles. The molecule has 0 amide bonds. The van der Waals surface area contributed by atoms with E-state index in [0.29, 0.717) is 12.1 Å². The summed E-state index contributed by atoms with van der Waals surface area (Å²) in [6, 6.07) is 14.4. The number of rotatable bonds is 6. The molecule has 176 valence electrons. The van der Waals surface area contributed by atoms with Crippen LogP contribution in [0.3, 0.4) is 0 Å². The number of hydrogen-bond acceptors (Lipinski definition) is 6. The van der Waals surface area contributed by atoms with E-state index < -0.39 is 0 Å². The van der Waals surface area contributed by atoms with Crippen LogP contribution in [-0.2, 0) is 6.54 Å².